The molecule has 0 atom stereocenters. The first-order valence-electron chi connectivity index (χ1n) is 7.34. The van der Waals surface area contributed by atoms with E-state index in [0.717, 1.165) is 41.4 Å². The average Bonchev–Trinajstić information content (AvgIpc) is 3.09. The molecule has 1 aliphatic carbocycles. The Labute approximate surface area is 129 Å². The van der Waals surface area contributed by atoms with E-state index in [9.17, 15) is 0 Å². The van der Waals surface area contributed by atoms with Gasteiger partial charge in [-0.1, -0.05) is 53.6 Å². The highest BCUT2D eigenvalue weighted by molar-refractivity contribution is 6.34. The van der Waals surface area contributed by atoms with Crippen LogP contribution in [-0.2, 0) is 5.41 Å². The molecular weight excluding hydrogens is 280 g/mol. The van der Waals surface area contributed by atoms with Gasteiger partial charge in [-0.25, -0.2) is 4.98 Å². The van der Waals surface area contributed by atoms with Gasteiger partial charge in [-0.3, -0.25) is 0 Å². The minimum Gasteiger partial charge on any atom is -0.369 e. The Morgan fingerprint density at radius 1 is 1.24 bits per heavy atom. The number of aryl methyl sites for hydroxylation is 1. The van der Waals surface area contributed by atoms with Crippen LogP contribution < -0.4 is 5.32 Å². The molecule has 0 radical (unpaired) electrons. The Kier molecular flexibility index (Phi) is 2.83. The maximum absolute atomic E-state index is 6.80. The first-order valence-corrected chi connectivity index (χ1v) is 7.72. The summed E-state index contributed by atoms with van der Waals surface area (Å²) in [6.07, 6.45) is 8.50. The van der Waals surface area contributed by atoms with Gasteiger partial charge < -0.3 is 5.32 Å². The van der Waals surface area contributed by atoms with Crippen LogP contribution in [0.1, 0.15) is 24.0 Å². The third-order valence-corrected chi connectivity index (χ3v) is 5.05. The van der Waals surface area contributed by atoms with Crippen LogP contribution in [-0.4, -0.2) is 11.5 Å². The highest BCUT2D eigenvalue weighted by atomic mass is 35.5. The van der Waals surface area contributed by atoms with Crippen LogP contribution >= 0.6 is 11.6 Å². The molecule has 1 aromatic carbocycles. The van der Waals surface area contributed by atoms with E-state index in [2.05, 4.69) is 53.6 Å². The summed E-state index contributed by atoms with van der Waals surface area (Å²) in [5.41, 5.74) is 4.73. The third-order valence-electron chi connectivity index (χ3n) is 4.65. The summed E-state index contributed by atoms with van der Waals surface area (Å²) >= 11 is 6.80. The van der Waals surface area contributed by atoms with Crippen molar-refractivity contribution in [2.45, 2.75) is 25.2 Å². The summed E-state index contributed by atoms with van der Waals surface area (Å²) in [7, 11) is 0. The van der Waals surface area contributed by atoms with Crippen LogP contribution in [0.3, 0.4) is 0 Å². The number of nitrogens with one attached hydrogen (secondary N) is 1. The summed E-state index contributed by atoms with van der Waals surface area (Å²) in [4.78, 5) is 4.62. The molecule has 0 fully saturated rings. The van der Waals surface area contributed by atoms with E-state index in [4.69, 9.17) is 11.6 Å². The van der Waals surface area contributed by atoms with Gasteiger partial charge >= 0.3 is 0 Å². The molecule has 3 heteroatoms. The molecule has 2 nitrogen and oxygen atoms in total. The molecule has 0 amide bonds. The number of aromatic nitrogens is 1. The van der Waals surface area contributed by atoms with Crippen molar-refractivity contribution < 1.29 is 0 Å². The second-order valence-electron chi connectivity index (χ2n) is 6.09. The van der Waals surface area contributed by atoms with Crippen molar-refractivity contribution in [3.8, 4) is 11.1 Å². The van der Waals surface area contributed by atoms with Crippen LogP contribution in [0.4, 0.5) is 5.82 Å². The van der Waals surface area contributed by atoms with E-state index in [1.807, 2.05) is 6.20 Å². The number of anilines is 1. The lowest BCUT2D eigenvalue weighted by Gasteiger charge is -2.24. The highest BCUT2D eigenvalue weighted by Gasteiger charge is 2.42. The topological polar surface area (TPSA) is 24.9 Å². The number of nitrogens with zero attached hydrogens (tertiary/aromatic N) is 1. The van der Waals surface area contributed by atoms with Crippen LogP contribution in [0, 0.1) is 6.92 Å². The van der Waals surface area contributed by atoms with Crippen molar-refractivity contribution in [1.82, 2.24) is 4.98 Å². The standard InChI is InChI=1S/C18H17ClN2/c1-12-5-4-6-13(9-12)14-10-20-17-15(16(14)19)18(11-21-17)7-2-3-8-18/h2-6,9-10H,7-8,11H2,1H3,(H,20,21). The summed E-state index contributed by atoms with van der Waals surface area (Å²) in [5, 5.41) is 4.29. The Morgan fingerprint density at radius 3 is 2.81 bits per heavy atom. The molecule has 21 heavy (non-hydrogen) atoms. The van der Waals surface area contributed by atoms with E-state index in [-0.39, 0.29) is 5.41 Å². The third kappa shape index (κ3) is 1.90. The maximum atomic E-state index is 6.80. The molecule has 0 bridgehead atoms. The fourth-order valence-electron chi connectivity index (χ4n) is 3.51. The normalized spacial score (nSPS) is 18.0. The van der Waals surface area contributed by atoms with Gasteiger partial charge in [-0.15, -0.1) is 0 Å². The summed E-state index contributed by atoms with van der Waals surface area (Å²) in [6, 6.07) is 8.43. The van der Waals surface area contributed by atoms with Crippen LogP contribution in [0.2, 0.25) is 5.02 Å². The first-order chi connectivity index (χ1) is 10.2. The number of hydrogen-bond donors (Lipinski definition) is 1. The van der Waals surface area contributed by atoms with Crippen molar-refractivity contribution in [3.63, 3.8) is 0 Å². The average molecular weight is 297 g/mol. The van der Waals surface area contributed by atoms with Gasteiger partial charge in [0.25, 0.3) is 0 Å². The molecule has 106 valence electrons. The highest BCUT2D eigenvalue weighted by Crippen LogP contribution is 2.49. The number of benzene rings is 1. The predicted octanol–water partition coefficient (Wildman–Crippen LogP) is 4.72. The molecule has 2 aliphatic rings. The lowest BCUT2D eigenvalue weighted by molar-refractivity contribution is 0.509. The molecule has 4 rings (SSSR count). The van der Waals surface area contributed by atoms with Gasteiger partial charge in [0.2, 0.25) is 0 Å². The van der Waals surface area contributed by atoms with Gasteiger partial charge in [0.05, 0.1) is 5.02 Å². The molecule has 1 N–H and O–H groups in total. The van der Waals surface area contributed by atoms with Crippen LogP contribution in [0.5, 0.6) is 0 Å². The second kappa shape index (κ2) is 4.60. The SMILES string of the molecule is Cc1cccc(-c2cnc3c(c2Cl)C2(CC=CC2)CN3)c1. The summed E-state index contributed by atoms with van der Waals surface area (Å²) < 4.78 is 0. The molecular formula is C18H17ClN2. The predicted molar refractivity (Wildman–Crippen MR) is 88.0 cm³/mol. The summed E-state index contributed by atoms with van der Waals surface area (Å²) in [5.74, 6) is 0.958. The monoisotopic (exact) mass is 296 g/mol. The van der Waals surface area contributed by atoms with Crippen molar-refractivity contribution in [2.24, 2.45) is 0 Å². The molecule has 0 saturated carbocycles. The molecule has 2 aromatic rings. The summed E-state index contributed by atoms with van der Waals surface area (Å²) in [6.45, 7) is 3.03. The van der Waals surface area contributed by atoms with Crippen molar-refractivity contribution in [3.05, 3.63) is 58.8 Å². The van der Waals surface area contributed by atoms with Crippen molar-refractivity contribution >= 4 is 17.4 Å². The Bertz CT molecular complexity index is 741. The number of allylic oxidation sites excluding steroid dienone is 2. The molecule has 1 aliphatic heterocycles. The maximum Gasteiger partial charge on any atom is 0.131 e. The fourth-order valence-corrected chi connectivity index (χ4v) is 3.96. The van der Waals surface area contributed by atoms with Gasteiger partial charge in [0, 0.05) is 29.3 Å². The Morgan fingerprint density at radius 2 is 2.05 bits per heavy atom. The van der Waals surface area contributed by atoms with Crippen LogP contribution in [0.25, 0.3) is 11.1 Å². The van der Waals surface area contributed by atoms with E-state index in [1.165, 1.54) is 11.1 Å². The zero-order chi connectivity index (χ0) is 14.4. The second-order valence-corrected chi connectivity index (χ2v) is 6.47. The number of rotatable bonds is 1. The van der Waals surface area contributed by atoms with Crippen LogP contribution in [0.15, 0.2) is 42.6 Å². The van der Waals surface area contributed by atoms with Gasteiger partial charge in [0.15, 0.2) is 0 Å². The number of hydrogen-bond acceptors (Lipinski definition) is 2. The van der Waals surface area contributed by atoms with Gasteiger partial charge in [-0.2, -0.15) is 0 Å². The minimum absolute atomic E-state index is 0.110. The minimum atomic E-state index is 0.110. The Hall–Kier alpha value is -1.80. The molecule has 1 spiro atoms. The van der Waals surface area contributed by atoms with Crippen molar-refractivity contribution in [2.75, 3.05) is 11.9 Å². The van der Waals surface area contributed by atoms with E-state index in [0.29, 0.717) is 0 Å². The van der Waals surface area contributed by atoms with E-state index < -0.39 is 0 Å². The molecule has 2 heterocycles. The van der Waals surface area contributed by atoms with E-state index in [1.54, 1.807) is 0 Å². The van der Waals surface area contributed by atoms with E-state index >= 15 is 0 Å². The smallest absolute Gasteiger partial charge is 0.131 e. The zero-order valence-electron chi connectivity index (χ0n) is 12.0. The first kappa shape index (κ1) is 12.9. The lowest BCUT2D eigenvalue weighted by atomic mass is 9.80. The van der Waals surface area contributed by atoms with Crippen molar-refractivity contribution in [1.29, 1.82) is 0 Å². The van der Waals surface area contributed by atoms with Gasteiger partial charge in [-0.05, 0) is 25.3 Å². The number of halogens is 1. The quantitative estimate of drug-likeness (QED) is 0.770. The zero-order valence-corrected chi connectivity index (χ0v) is 12.7. The largest absolute Gasteiger partial charge is 0.369 e. The molecule has 1 aromatic heterocycles. The Balaban J connectivity index is 1.89. The fraction of sp³-hybridized carbons (Fsp3) is 0.278. The van der Waals surface area contributed by atoms with Gasteiger partial charge in [0.1, 0.15) is 5.82 Å². The number of fused-ring (bicyclic) bond motifs is 2. The lowest BCUT2D eigenvalue weighted by Crippen LogP contribution is -2.25. The molecule has 0 saturated heterocycles. The molecule has 0 unspecified atom stereocenters. The number of pyridine rings is 1.